The van der Waals surface area contributed by atoms with Crippen molar-refractivity contribution in [1.82, 2.24) is 5.32 Å². The van der Waals surface area contributed by atoms with Crippen molar-refractivity contribution in [2.24, 2.45) is 0 Å². The minimum atomic E-state index is -0.840. The molecule has 0 heterocycles. The molecule has 0 fully saturated rings. The molecule has 0 aromatic rings. The smallest absolute Gasteiger partial charge is 0.320 e. The molecule has 1 atom stereocenters. The molecule has 0 amide bonds. The van der Waals surface area contributed by atoms with Crippen molar-refractivity contribution >= 4 is 5.97 Å². The van der Waals surface area contributed by atoms with E-state index in [0.717, 1.165) is 0 Å². The molecule has 0 saturated heterocycles. The fraction of sp³-hybridized carbons (Fsp3) is 0.900. The SMILES string of the molecule is CNC(CC(C)(C)OC(C)C)C(=O)O. The molecule has 2 N–H and O–H groups in total. The average molecular weight is 203 g/mol. The van der Waals surface area contributed by atoms with Crippen molar-refractivity contribution in [3.8, 4) is 0 Å². The summed E-state index contributed by atoms with van der Waals surface area (Å²) in [4.78, 5) is 10.8. The lowest BCUT2D eigenvalue weighted by Gasteiger charge is -2.30. The fourth-order valence-corrected chi connectivity index (χ4v) is 1.49. The number of ether oxygens (including phenoxy) is 1. The largest absolute Gasteiger partial charge is 0.480 e. The summed E-state index contributed by atoms with van der Waals surface area (Å²) in [6.45, 7) is 7.69. The second-order valence-corrected chi connectivity index (χ2v) is 4.31. The van der Waals surface area contributed by atoms with Crippen LogP contribution in [0.25, 0.3) is 0 Å². The van der Waals surface area contributed by atoms with Crippen molar-refractivity contribution in [2.45, 2.75) is 51.9 Å². The highest BCUT2D eigenvalue weighted by molar-refractivity contribution is 5.73. The molecule has 0 rings (SSSR count). The lowest BCUT2D eigenvalue weighted by atomic mass is 9.98. The van der Waals surface area contributed by atoms with Gasteiger partial charge in [0, 0.05) is 6.42 Å². The summed E-state index contributed by atoms with van der Waals surface area (Å²) in [6, 6.07) is -0.552. The standard InChI is InChI=1S/C10H21NO3/c1-7(2)14-10(3,4)6-8(11-5)9(12)13/h7-8,11H,6H2,1-5H3,(H,12,13). The second kappa shape index (κ2) is 5.32. The van der Waals surface area contributed by atoms with Crippen molar-refractivity contribution in [3.63, 3.8) is 0 Å². The molecule has 1 unspecified atom stereocenters. The van der Waals surface area contributed by atoms with Crippen LogP contribution in [0.1, 0.15) is 34.1 Å². The number of hydrogen-bond acceptors (Lipinski definition) is 3. The number of likely N-dealkylation sites (N-methyl/N-ethyl adjacent to an activating group) is 1. The summed E-state index contributed by atoms with van der Waals surface area (Å²) in [7, 11) is 1.64. The van der Waals surface area contributed by atoms with E-state index in [1.165, 1.54) is 0 Å². The molecule has 0 aliphatic rings. The third kappa shape index (κ3) is 5.19. The van der Waals surface area contributed by atoms with Gasteiger partial charge in [-0.2, -0.15) is 0 Å². The summed E-state index contributed by atoms with van der Waals surface area (Å²) in [5.41, 5.74) is -0.416. The zero-order valence-corrected chi connectivity index (χ0v) is 9.63. The molecule has 0 aliphatic carbocycles. The zero-order valence-electron chi connectivity index (χ0n) is 9.63. The van der Waals surface area contributed by atoms with Gasteiger partial charge in [-0.3, -0.25) is 4.79 Å². The molecule has 0 radical (unpaired) electrons. The Hall–Kier alpha value is -0.610. The predicted octanol–water partition coefficient (Wildman–Crippen LogP) is 1.25. The number of carbonyl (C=O) groups is 1. The van der Waals surface area contributed by atoms with Gasteiger partial charge in [-0.1, -0.05) is 0 Å². The Morgan fingerprint density at radius 2 is 2.00 bits per heavy atom. The second-order valence-electron chi connectivity index (χ2n) is 4.31. The van der Waals surface area contributed by atoms with E-state index in [0.29, 0.717) is 6.42 Å². The quantitative estimate of drug-likeness (QED) is 0.682. The minimum absolute atomic E-state index is 0.108. The lowest BCUT2D eigenvalue weighted by Crippen LogP contribution is -2.42. The third-order valence-electron chi connectivity index (χ3n) is 1.90. The molecular formula is C10H21NO3. The summed E-state index contributed by atoms with van der Waals surface area (Å²) < 4.78 is 5.62. The molecule has 0 bridgehead atoms. The van der Waals surface area contributed by atoms with E-state index < -0.39 is 17.6 Å². The first-order valence-electron chi connectivity index (χ1n) is 4.86. The maximum atomic E-state index is 10.8. The van der Waals surface area contributed by atoms with Crippen LogP contribution >= 0.6 is 0 Å². The van der Waals surface area contributed by atoms with Crippen LogP contribution in [-0.4, -0.2) is 35.9 Å². The number of aliphatic carboxylic acids is 1. The van der Waals surface area contributed by atoms with Gasteiger partial charge in [0.15, 0.2) is 0 Å². The maximum Gasteiger partial charge on any atom is 0.320 e. The molecule has 0 spiro atoms. The Morgan fingerprint density at radius 3 is 2.29 bits per heavy atom. The number of carboxylic acid groups (broad SMARTS) is 1. The van der Waals surface area contributed by atoms with Gasteiger partial charge in [0.25, 0.3) is 0 Å². The van der Waals surface area contributed by atoms with Gasteiger partial charge in [0.1, 0.15) is 6.04 Å². The third-order valence-corrected chi connectivity index (χ3v) is 1.90. The Balaban J connectivity index is 4.24. The highest BCUT2D eigenvalue weighted by atomic mass is 16.5. The Kier molecular flexibility index (Phi) is 5.08. The Bertz CT molecular complexity index is 190. The van der Waals surface area contributed by atoms with E-state index in [2.05, 4.69) is 5.32 Å². The number of nitrogens with one attached hydrogen (secondary N) is 1. The molecule has 0 aromatic carbocycles. The van der Waals surface area contributed by atoms with E-state index in [1.807, 2.05) is 27.7 Å². The number of rotatable bonds is 6. The van der Waals surface area contributed by atoms with Gasteiger partial charge < -0.3 is 15.2 Å². The van der Waals surface area contributed by atoms with Crippen LogP contribution in [0.4, 0.5) is 0 Å². The van der Waals surface area contributed by atoms with Gasteiger partial charge in [0.05, 0.1) is 11.7 Å². The first kappa shape index (κ1) is 13.4. The lowest BCUT2D eigenvalue weighted by molar-refractivity contribution is -0.142. The van der Waals surface area contributed by atoms with E-state index in [4.69, 9.17) is 9.84 Å². The van der Waals surface area contributed by atoms with Gasteiger partial charge in [0.2, 0.25) is 0 Å². The van der Waals surface area contributed by atoms with Gasteiger partial charge in [-0.05, 0) is 34.7 Å². The predicted molar refractivity (Wildman–Crippen MR) is 55.4 cm³/mol. The van der Waals surface area contributed by atoms with Crippen molar-refractivity contribution < 1.29 is 14.6 Å². The molecule has 0 aliphatic heterocycles. The summed E-state index contributed by atoms with van der Waals surface area (Å²) in [5, 5.41) is 11.6. The van der Waals surface area contributed by atoms with E-state index in [9.17, 15) is 4.79 Å². The highest BCUT2D eigenvalue weighted by Gasteiger charge is 2.28. The molecular weight excluding hydrogens is 182 g/mol. The molecule has 84 valence electrons. The molecule has 0 aromatic heterocycles. The molecule has 4 nitrogen and oxygen atoms in total. The van der Waals surface area contributed by atoms with E-state index >= 15 is 0 Å². The van der Waals surface area contributed by atoms with Gasteiger partial charge in [-0.15, -0.1) is 0 Å². The van der Waals surface area contributed by atoms with Crippen molar-refractivity contribution in [2.75, 3.05) is 7.05 Å². The molecule has 4 heteroatoms. The fourth-order valence-electron chi connectivity index (χ4n) is 1.49. The van der Waals surface area contributed by atoms with Crippen LogP contribution in [0.5, 0.6) is 0 Å². The Morgan fingerprint density at radius 1 is 1.50 bits per heavy atom. The first-order chi connectivity index (χ1) is 6.28. The Labute approximate surface area is 85.6 Å². The van der Waals surface area contributed by atoms with Crippen LogP contribution in [0.15, 0.2) is 0 Å². The summed E-state index contributed by atoms with van der Waals surface area (Å²) in [5.74, 6) is -0.840. The number of carboxylic acids is 1. The van der Waals surface area contributed by atoms with Crippen molar-refractivity contribution in [1.29, 1.82) is 0 Å². The van der Waals surface area contributed by atoms with Crippen molar-refractivity contribution in [3.05, 3.63) is 0 Å². The van der Waals surface area contributed by atoms with Crippen LogP contribution in [-0.2, 0) is 9.53 Å². The van der Waals surface area contributed by atoms with Crippen LogP contribution < -0.4 is 5.32 Å². The van der Waals surface area contributed by atoms with Gasteiger partial charge in [-0.25, -0.2) is 0 Å². The first-order valence-corrected chi connectivity index (χ1v) is 4.86. The summed E-state index contributed by atoms with van der Waals surface area (Å²) >= 11 is 0. The van der Waals surface area contributed by atoms with E-state index in [1.54, 1.807) is 7.05 Å². The van der Waals surface area contributed by atoms with Crippen LogP contribution in [0.2, 0.25) is 0 Å². The number of hydrogen-bond donors (Lipinski definition) is 2. The van der Waals surface area contributed by atoms with Crippen LogP contribution in [0, 0.1) is 0 Å². The molecule has 0 saturated carbocycles. The highest BCUT2D eigenvalue weighted by Crippen LogP contribution is 2.19. The zero-order chi connectivity index (χ0) is 11.4. The van der Waals surface area contributed by atoms with Gasteiger partial charge >= 0.3 is 5.97 Å². The average Bonchev–Trinajstić information content (AvgIpc) is 1.97. The minimum Gasteiger partial charge on any atom is -0.480 e. The normalized spacial score (nSPS) is 14.4. The summed E-state index contributed by atoms with van der Waals surface area (Å²) in [6.07, 6.45) is 0.563. The monoisotopic (exact) mass is 203 g/mol. The molecule has 14 heavy (non-hydrogen) atoms. The van der Waals surface area contributed by atoms with E-state index in [-0.39, 0.29) is 6.10 Å². The maximum absolute atomic E-state index is 10.8. The topological polar surface area (TPSA) is 58.6 Å². The van der Waals surface area contributed by atoms with Crippen LogP contribution in [0.3, 0.4) is 0 Å².